The lowest BCUT2D eigenvalue weighted by Gasteiger charge is -2.18. The fourth-order valence-corrected chi connectivity index (χ4v) is 2.85. The lowest BCUT2D eigenvalue weighted by molar-refractivity contribution is 0.442. The Bertz CT molecular complexity index is 327. The van der Waals surface area contributed by atoms with Crippen LogP contribution in [0.5, 0.6) is 0 Å². The molecule has 1 rings (SSSR count). The largest absolute Gasteiger partial charge is 0.320 e. The summed E-state index contributed by atoms with van der Waals surface area (Å²) in [4.78, 5) is 0. The van der Waals surface area contributed by atoms with Crippen LogP contribution in [0.4, 0.5) is 0 Å². The molecule has 16 heavy (non-hydrogen) atoms. The Morgan fingerprint density at radius 2 is 2.00 bits per heavy atom. The molecule has 1 saturated carbocycles. The second-order valence-electron chi connectivity index (χ2n) is 5.15. The van der Waals surface area contributed by atoms with Gasteiger partial charge in [-0.25, -0.2) is 0 Å². The normalized spacial score (nSPS) is 23.7. The van der Waals surface area contributed by atoms with Crippen molar-refractivity contribution < 1.29 is 8.42 Å². The van der Waals surface area contributed by atoms with E-state index in [1.807, 2.05) is 7.05 Å². The third-order valence-corrected chi connectivity index (χ3v) is 4.70. The van der Waals surface area contributed by atoms with Gasteiger partial charge in [0.05, 0.1) is 0 Å². The standard InChI is InChI=1S/C10H23N3O2S/c1-10(2)8-9(10)12-16(14,15)13(4)7-5-6-11-3/h9,11-12H,5-8H2,1-4H3. The molecule has 1 fully saturated rings. The predicted octanol–water partition coefficient (Wildman–Crippen LogP) is 0.161. The summed E-state index contributed by atoms with van der Waals surface area (Å²) in [5, 5.41) is 3.00. The first-order valence-corrected chi connectivity index (χ1v) is 7.12. The van der Waals surface area contributed by atoms with Crippen LogP contribution in [0.2, 0.25) is 0 Å². The molecule has 1 unspecified atom stereocenters. The van der Waals surface area contributed by atoms with Crippen molar-refractivity contribution in [2.75, 3.05) is 27.2 Å². The van der Waals surface area contributed by atoms with Gasteiger partial charge in [-0.1, -0.05) is 13.8 Å². The summed E-state index contributed by atoms with van der Waals surface area (Å²) in [5.74, 6) is 0. The van der Waals surface area contributed by atoms with Crippen LogP contribution in [-0.2, 0) is 10.2 Å². The first-order chi connectivity index (χ1) is 7.29. The molecule has 0 spiro atoms. The van der Waals surface area contributed by atoms with Crippen molar-refractivity contribution in [1.29, 1.82) is 0 Å². The number of rotatable bonds is 7. The van der Waals surface area contributed by atoms with Crippen molar-refractivity contribution in [1.82, 2.24) is 14.3 Å². The van der Waals surface area contributed by atoms with E-state index in [4.69, 9.17) is 0 Å². The first-order valence-electron chi connectivity index (χ1n) is 5.68. The average Bonchev–Trinajstić information content (AvgIpc) is 2.72. The van der Waals surface area contributed by atoms with Gasteiger partial charge < -0.3 is 5.32 Å². The van der Waals surface area contributed by atoms with Crippen molar-refractivity contribution in [3.05, 3.63) is 0 Å². The summed E-state index contributed by atoms with van der Waals surface area (Å²) in [6.07, 6.45) is 1.75. The van der Waals surface area contributed by atoms with Crippen molar-refractivity contribution >= 4 is 10.2 Å². The molecule has 0 radical (unpaired) electrons. The number of hydrogen-bond donors (Lipinski definition) is 2. The smallest absolute Gasteiger partial charge is 0.279 e. The van der Waals surface area contributed by atoms with E-state index >= 15 is 0 Å². The van der Waals surface area contributed by atoms with E-state index < -0.39 is 10.2 Å². The fraction of sp³-hybridized carbons (Fsp3) is 1.00. The summed E-state index contributed by atoms with van der Waals surface area (Å²) >= 11 is 0. The summed E-state index contributed by atoms with van der Waals surface area (Å²) < 4.78 is 27.8. The third-order valence-electron chi connectivity index (χ3n) is 3.11. The Balaban J connectivity index is 2.38. The van der Waals surface area contributed by atoms with Gasteiger partial charge in [0.25, 0.3) is 10.2 Å². The Hall–Kier alpha value is -0.170. The zero-order valence-electron chi connectivity index (χ0n) is 10.6. The van der Waals surface area contributed by atoms with Crippen molar-refractivity contribution in [3.63, 3.8) is 0 Å². The highest BCUT2D eigenvalue weighted by Gasteiger charge is 2.48. The van der Waals surface area contributed by atoms with Gasteiger partial charge in [-0.15, -0.1) is 0 Å². The Labute approximate surface area is 98.8 Å². The number of nitrogens with zero attached hydrogens (tertiary/aromatic N) is 1. The fourth-order valence-electron chi connectivity index (χ4n) is 1.54. The van der Waals surface area contributed by atoms with Crippen LogP contribution >= 0.6 is 0 Å². The molecule has 0 aliphatic heterocycles. The van der Waals surface area contributed by atoms with Crippen LogP contribution < -0.4 is 10.0 Å². The van der Waals surface area contributed by atoms with E-state index in [1.165, 1.54) is 4.31 Å². The monoisotopic (exact) mass is 249 g/mol. The van der Waals surface area contributed by atoms with Crippen LogP contribution in [0.1, 0.15) is 26.7 Å². The molecular formula is C10H23N3O2S. The van der Waals surface area contributed by atoms with Gasteiger partial charge in [-0.2, -0.15) is 17.4 Å². The van der Waals surface area contributed by atoms with Crippen LogP contribution in [-0.4, -0.2) is 45.9 Å². The average molecular weight is 249 g/mol. The highest BCUT2D eigenvalue weighted by Crippen LogP contribution is 2.45. The Kier molecular flexibility index (Phi) is 4.34. The van der Waals surface area contributed by atoms with Gasteiger partial charge in [0.1, 0.15) is 0 Å². The lowest BCUT2D eigenvalue weighted by atomic mass is 10.2. The molecule has 0 saturated heterocycles. The van der Waals surface area contributed by atoms with Crippen molar-refractivity contribution in [2.45, 2.75) is 32.7 Å². The molecule has 1 aliphatic rings. The number of hydrogen-bond acceptors (Lipinski definition) is 3. The van der Waals surface area contributed by atoms with E-state index in [1.54, 1.807) is 7.05 Å². The minimum atomic E-state index is -3.29. The molecule has 0 aromatic rings. The van der Waals surface area contributed by atoms with E-state index in [2.05, 4.69) is 23.9 Å². The van der Waals surface area contributed by atoms with E-state index in [9.17, 15) is 8.42 Å². The van der Waals surface area contributed by atoms with E-state index in [0.29, 0.717) is 6.54 Å². The molecule has 0 heterocycles. The lowest BCUT2D eigenvalue weighted by Crippen LogP contribution is -2.41. The highest BCUT2D eigenvalue weighted by molar-refractivity contribution is 7.87. The first kappa shape index (κ1) is 13.9. The quantitative estimate of drug-likeness (QED) is 0.632. The molecule has 2 N–H and O–H groups in total. The molecule has 0 aromatic carbocycles. The van der Waals surface area contributed by atoms with Crippen LogP contribution in [0, 0.1) is 5.41 Å². The van der Waals surface area contributed by atoms with Crippen LogP contribution in [0.15, 0.2) is 0 Å². The maximum atomic E-state index is 11.9. The summed E-state index contributed by atoms with van der Waals surface area (Å²) in [6, 6.07) is 0.101. The van der Waals surface area contributed by atoms with Gasteiger partial charge in [-0.3, -0.25) is 0 Å². The van der Waals surface area contributed by atoms with Gasteiger partial charge in [0.2, 0.25) is 0 Å². The van der Waals surface area contributed by atoms with Gasteiger partial charge >= 0.3 is 0 Å². The van der Waals surface area contributed by atoms with Crippen LogP contribution in [0.25, 0.3) is 0 Å². The molecule has 0 bridgehead atoms. The van der Waals surface area contributed by atoms with Gasteiger partial charge in [-0.05, 0) is 31.8 Å². The molecular weight excluding hydrogens is 226 g/mol. The molecule has 0 amide bonds. The van der Waals surface area contributed by atoms with Crippen LogP contribution in [0.3, 0.4) is 0 Å². The van der Waals surface area contributed by atoms with Gasteiger partial charge in [0.15, 0.2) is 0 Å². The summed E-state index contributed by atoms with van der Waals surface area (Å²) in [5.41, 5.74) is 0.124. The molecule has 0 aromatic heterocycles. The molecule has 6 heteroatoms. The van der Waals surface area contributed by atoms with E-state index in [-0.39, 0.29) is 11.5 Å². The second kappa shape index (κ2) is 5.00. The topological polar surface area (TPSA) is 61.4 Å². The zero-order valence-corrected chi connectivity index (χ0v) is 11.4. The maximum Gasteiger partial charge on any atom is 0.279 e. The zero-order chi connectivity index (χ0) is 12.4. The number of nitrogens with one attached hydrogen (secondary N) is 2. The summed E-state index contributed by atoms with van der Waals surface area (Å²) in [7, 11) is 0.186. The minimum absolute atomic E-state index is 0.101. The van der Waals surface area contributed by atoms with Crippen molar-refractivity contribution in [2.24, 2.45) is 5.41 Å². The van der Waals surface area contributed by atoms with Crippen molar-refractivity contribution in [3.8, 4) is 0 Å². The van der Waals surface area contributed by atoms with Gasteiger partial charge in [0, 0.05) is 19.6 Å². The summed E-state index contributed by atoms with van der Waals surface area (Å²) in [6.45, 7) is 5.51. The Morgan fingerprint density at radius 3 is 2.44 bits per heavy atom. The predicted molar refractivity (Wildman–Crippen MR) is 65.4 cm³/mol. The molecule has 5 nitrogen and oxygen atoms in total. The SMILES string of the molecule is CNCCCN(C)S(=O)(=O)NC1CC1(C)C. The second-order valence-corrected chi connectivity index (χ2v) is 6.96. The maximum absolute atomic E-state index is 11.9. The molecule has 1 atom stereocenters. The Morgan fingerprint density at radius 1 is 1.44 bits per heavy atom. The third kappa shape index (κ3) is 3.69. The van der Waals surface area contributed by atoms with E-state index in [0.717, 1.165) is 19.4 Å². The minimum Gasteiger partial charge on any atom is -0.320 e. The highest BCUT2D eigenvalue weighted by atomic mass is 32.2. The molecule has 96 valence electrons. The molecule has 1 aliphatic carbocycles.